The van der Waals surface area contributed by atoms with E-state index in [0.29, 0.717) is 24.4 Å². The van der Waals surface area contributed by atoms with Crippen LogP contribution >= 0.6 is 12.1 Å². The number of fused-ring (bicyclic) bond motifs is 1. The van der Waals surface area contributed by atoms with Crippen molar-refractivity contribution in [2.45, 2.75) is 23.9 Å². The molecule has 3 aromatic rings. The van der Waals surface area contributed by atoms with Crippen LogP contribution in [-0.2, 0) is 28.7 Å². The summed E-state index contributed by atoms with van der Waals surface area (Å²) in [5, 5.41) is 2.79. The minimum absolute atomic E-state index is 0.267. The molecule has 0 saturated heterocycles. The zero-order chi connectivity index (χ0) is 24.8. The summed E-state index contributed by atoms with van der Waals surface area (Å²) >= 11 is 0.958. The van der Waals surface area contributed by atoms with E-state index in [-0.39, 0.29) is 5.91 Å². The smallest absolute Gasteiger partial charge is 0.326 e. The van der Waals surface area contributed by atoms with E-state index in [4.69, 9.17) is 4.74 Å². The van der Waals surface area contributed by atoms with Crippen molar-refractivity contribution in [2.24, 2.45) is 0 Å². The first-order chi connectivity index (χ1) is 17.0. The van der Waals surface area contributed by atoms with Crippen LogP contribution < -0.4 is 19.7 Å². The molecule has 1 aliphatic heterocycles. The Kier molecular flexibility index (Phi) is 8.06. The first-order valence-electron chi connectivity index (χ1n) is 10.9. The van der Waals surface area contributed by atoms with E-state index < -0.39 is 23.1 Å². The fourth-order valence-electron chi connectivity index (χ4n) is 3.68. The molecule has 0 aromatic heterocycles. The minimum atomic E-state index is -1.37. The molecular formula is C25H26N4O4S2. The summed E-state index contributed by atoms with van der Waals surface area (Å²) < 4.78 is 22.1. The van der Waals surface area contributed by atoms with E-state index in [0.717, 1.165) is 28.2 Å². The van der Waals surface area contributed by atoms with Gasteiger partial charge in [0.1, 0.15) is 22.8 Å². The average Bonchev–Trinajstić information content (AvgIpc) is 3.22. The van der Waals surface area contributed by atoms with Crippen LogP contribution in [0.15, 0.2) is 83.8 Å². The molecule has 1 aliphatic rings. The number of amides is 3. The molecule has 1 heterocycles. The monoisotopic (exact) mass is 510 g/mol. The number of rotatable bonds is 8. The van der Waals surface area contributed by atoms with Crippen molar-refractivity contribution in [3.63, 3.8) is 0 Å². The number of nitrogens with one attached hydrogen (secondary N) is 2. The highest BCUT2D eigenvalue weighted by Crippen LogP contribution is 2.30. The molecule has 0 aliphatic carbocycles. The Hall–Kier alpha value is -3.34. The number of methoxy groups -OCH3 is 1. The third-order valence-electron chi connectivity index (χ3n) is 5.56. The second-order valence-electron chi connectivity index (χ2n) is 7.85. The summed E-state index contributed by atoms with van der Waals surface area (Å²) in [6, 6.07) is 22.7. The molecule has 10 heteroatoms. The summed E-state index contributed by atoms with van der Waals surface area (Å²) in [5.41, 5.74) is 2.55. The van der Waals surface area contributed by atoms with Crippen LogP contribution in [0.25, 0.3) is 0 Å². The van der Waals surface area contributed by atoms with Crippen LogP contribution in [0.3, 0.4) is 0 Å². The lowest BCUT2D eigenvalue weighted by Gasteiger charge is -2.25. The molecule has 35 heavy (non-hydrogen) atoms. The number of carbonyl (C=O) groups excluding carboxylic acids is 2. The van der Waals surface area contributed by atoms with Gasteiger partial charge in [0.25, 0.3) is 0 Å². The second-order valence-corrected chi connectivity index (χ2v) is 10.3. The summed E-state index contributed by atoms with van der Waals surface area (Å²) in [6.07, 6.45) is 0.319. The zero-order valence-corrected chi connectivity index (χ0v) is 21.0. The lowest BCUT2D eigenvalue weighted by molar-refractivity contribution is -0.120. The van der Waals surface area contributed by atoms with E-state index in [1.807, 2.05) is 54.6 Å². The third-order valence-corrected chi connectivity index (χ3v) is 8.07. The Morgan fingerprint density at radius 3 is 2.43 bits per heavy atom. The molecule has 8 nitrogen and oxygen atoms in total. The summed E-state index contributed by atoms with van der Waals surface area (Å²) in [4.78, 5) is 28.4. The van der Waals surface area contributed by atoms with E-state index in [9.17, 15) is 13.8 Å². The standard InChI is InChI=1S/C25H26N4O4S2/c1-28(20-12-14-21(33-2)15-13-20)24(30)22(16-18-8-4-3-5-9-18)26-25(31)27-34-29-17-19-10-6-7-11-23(19)35(29)32/h3-15,22H,16-17H2,1-2H3,(H2,26,27,31). The Balaban J connectivity index is 1.42. The van der Waals surface area contributed by atoms with Gasteiger partial charge in [-0.15, -0.1) is 3.71 Å². The van der Waals surface area contributed by atoms with Gasteiger partial charge in [-0.1, -0.05) is 48.5 Å². The van der Waals surface area contributed by atoms with Crippen molar-refractivity contribution < 1.29 is 18.5 Å². The molecule has 2 atom stereocenters. The van der Waals surface area contributed by atoms with E-state index >= 15 is 0 Å². The van der Waals surface area contributed by atoms with Crippen molar-refractivity contribution in [3.05, 3.63) is 90.0 Å². The Bertz CT molecular complexity index is 1210. The molecule has 2 unspecified atom stereocenters. The highest BCUT2D eigenvalue weighted by molar-refractivity contribution is 8.05. The van der Waals surface area contributed by atoms with Crippen LogP contribution in [0, 0.1) is 0 Å². The molecule has 0 spiro atoms. The fourth-order valence-corrected chi connectivity index (χ4v) is 5.77. The molecule has 0 radical (unpaired) electrons. The van der Waals surface area contributed by atoms with Gasteiger partial charge in [0.15, 0.2) is 0 Å². The van der Waals surface area contributed by atoms with Crippen molar-refractivity contribution >= 4 is 40.7 Å². The highest BCUT2D eigenvalue weighted by atomic mass is 32.2. The highest BCUT2D eigenvalue weighted by Gasteiger charge is 2.29. The quantitative estimate of drug-likeness (QED) is 0.452. The first kappa shape index (κ1) is 24.8. The molecule has 3 amide bonds. The van der Waals surface area contributed by atoms with Crippen LogP contribution in [0.2, 0.25) is 0 Å². The number of benzene rings is 3. The maximum Gasteiger partial charge on any atom is 0.326 e. The number of carbonyl (C=O) groups is 2. The van der Waals surface area contributed by atoms with E-state index in [1.165, 1.54) is 4.90 Å². The molecular weight excluding hydrogens is 484 g/mol. The maximum atomic E-state index is 13.4. The molecule has 0 bridgehead atoms. The lowest BCUT2D eigenvalue weighted by atomic mass is 10.0. The number of nitrogens with zero attached hydrogens (tertiary/aromatic N) is 2. The molecule has 3 aromatic carbocycles. The minimum Gasteiger partial charge on any atom is -0.497 e. The maximum absolute atomic E-state index is 13.4. The second kappa shape index (κ2) is 11.4. The normalized spacial score (nSPS) is 15.7. The molecule has 0 fully saturated rings. The third kappa shape index (κ3) is 6.02. The van der Waals surface area contributed by atoms with E-state index in [2.05, 4.69) is 10.0 Å². The van der Waals surface area contributed by atoms with Gasteiger partial charge in [-0.25, -0.2) is 9.00 Å². The van der Waals surface area contributed by atoms with Crippen molar-refractivity contribution in [1.82, 2.24) is 13.7 Å². The van der Waals surface area contributed by atoms with Crippen molar-refractivity contribution in [2.75, 3.05) is 19.1 Å². The van der Waals surface area contributed by atoms with E-state index in [1.54, 1.807) is 42.1 Å². The van der Waals surface area contributed by atoms with Crippen LogP contribution in [0.5, 0.6) is 5.75 Å². The number of ether oxygens (including phenoxy) is 1. The summed E-state index contributed by atoms with van der Waals surface area (Å²) in [6.45, 7) is 0.445. The Labute approximate surface area is 211 Å². The zero-order valence-electron chi connectivity index (χ0n) is 19.3. The number of likely N-dealkylation sites (N-methyl/N-ethyl adjacent to an activating group) is 1. The average molecular weight is 511 g/mol. The lowest BCUT2D eigenvalue weighted by Crippen LogP contribution is -2.51. The van der Waals surface area contributed by atoms with Crippen molar-refractivity contribution in [3.8, 4) is 5.75 Å². The topological polar surface area (TPSA) is 91.0 Å². The van der Waals surface area contributed by atoms with Crippen LogP contribution in [-0.4, -0.2) is 40.1 Å². The van der Waals surface area contributed by atoms with Gasteiger partial charge in [0.05, 0.1) is 30.7 Å². The molecule has 182 valence electrons. The predicted octanol–water partition coefficient (Wildman–Crippen LogP) is 3.67. The van der Waals surface area contributed by atoms with Gasteiger partial charge in [0.2, 0.25) is 5.91 Å². The van der Waals surface area contributed by atoms with Gasteiger partial charge >= 0.3 is 6.03 Å². The SMILES string of the molecule is COc1ccc(N(C)C(=O)C(Cc2ccccc2)NC(=O)NSN2Cc3ccccc3S2=O)cc1. The van der Waals surface area contributed by atoms with Gasteiger partial charge in [0, 0.05) is 19.2 Å². The van der Waals surface area contributed by atoms with Gasteiger partial charge in [-0.2, -0.15) is 0 Å². The van der Waals surface area contributed by atoms with Gasteiger partial charge in [-0.3, -0.25) is 9.52 Å². The first-order valence-corrected chi connectivity index (χ1v) is 12.8. The predicted molar refractivity (Wildman–Crippen MR) is 138 cm³/mol. The van der Waals surface area contributed by atoms with Crippen LogP contribution in [0.4, 0.5) is 10.5 Å². The summed E-state index contributed by atoms with van der Waals surface area (Å²) in [7, 11) is 1.88. The largest absolute Gasteiger partial charge is 0.497 e. The molecule has 0 saturated carbocycles. The van der Waals surface area contributed by atoms with Crippen molar-refractivity contribution in [1.29, 1.82) is 0 Å². The van der Waals surface area contributed by atoms with Crippen LogP contribution in [0.1, 0.15) is 11.1 Å². The Morgan fingerprint density at radius 2 is 1.74 bits per heavy atom. The Morgan fingerprint density at radius 1 is 1.06 bits per heavy atom. The molecule has 2 N–H and O–H groups in total. The van der Waals surface area contributed by atoms with Gasteiger partial charge in [-0.05, 0) is 41.5 Å². The fraction of sp³-hybridized carbons (Fsp3) is 0.200. The number of urea groups is 1. The summed E-state index contributed by atoms with van der Waals surface area (Å²) in [5.74, 6) is 0.419. The number of hydrogen-bond acceptors (Lipinski definition) is 5. The molecule has 4 rings (SSSR count). The van der Waals surface area contributed by atoms with Gasteiger partial charge < -0.3 is 15.0 Å². The number of hydrogen-bond donors (Lipinski definition) is 2. The number of anilines is 1.